The van der Waals surface area contributed by atoms with Gasteiger partial charge in [0.05, 0.1) is 12.0 Å². The van der Waals surface area contributed by atoms with Crippen molar-refractivity contribution in [2.75, 3.05) is 19.0 Å². The average Bonchev–Trinajstić information content (AvgIpc) is 2.49. The van der Waals surface area contributed by atoms with Crippen LogP contribution < -0.4 is 11.1 Å². The van der Waals surface area contributed by atoms with Gasteiger partial charge in [0, 0.05) is 24.9 Å². The van der Waals surface area contributed by atoms with Gasteiger partial charge in [-0.1, -0.05) is 44.9 Å². The van der Waals surface area contributed by atoms with Crippen molar-refractivity contribution < 1.29 is 9.53 Å². The monoisotopic (exact) mass is 292 g/mol. The number of methoxy groups -OCH3 is 1. The summed E-state index contributed by atoms with van der Waals surface area (Å²) < 4.78 is 5.18. The number of benzene rings is 1. The molecule has 0 saturated carbocycles. The number of hydrogen-bond acceptors (Lipinski definition) is 3. The normalized spacial score (nSPS) is 11.4. The maximum Gasteiger partial charge on any atom is 0.231 e. The third kappa shape index (κ3) is 4.55. The molecule has 0 aliphatic carbocycles. The van der Waals surface area contributed by atoms with Gasteiger partial charge in [0.2, 0.25) is 5.91 Å². The Hall–Kier alpha value is -1.39. The summed E-state index contributed by atoms with van der Waals surface area (Å²) in [5.74, 6) is 0.0252. The quantitative estimate of drug-likeness (QED) is 0.734. The molecule has 1 aromatic carbocycles. The zero-order chi connectivity index (χ0) is 15.7. The van der Waals surface area contributed by atoms with E-state index in [0.717, 1.165) is 36.9 Å². The van der Waals surface area contributed by atoms with Crippen LogP contribution in [-0.4, -0.2) is 19.6 Å². The number of rotatable bonds is 9. The highest BCUT2D eigenvalue weighted by Crippen LogP contribution is 2.31. The molecule has 0 bridgehead atoms. The van der Waals surface area contributed by atoms with E-state index in [-0.39, 0.29) is 5.91 Å². The summed E-state index contributed by atoms with van der Waals surface area (Å²) in [6, 6.07) is 7.73. The van der Waals surface area contributed by atoms with Gasteiger partial charge in [-0.25, -0.2) is 0 Å². The molecule has 0 fully saturated rings. The molecule has 1 aromatic rings. The number of anilines is 1. The van der Waals surface area contributed by atoms with Gasteiger partial charge in [0.15, 0.2) is 0 Å². The fourth-order valence-electron chi connectivity index (χ4n) is 2.78. The molecule has 118 valence electrons. The average molecular weight is 292 g/mol. The number of carbonyl (C=O) groups excluding carboxylic acids is 1. The first-order valence-corrected chi connectivity index (χ1v) is 7.72. The lowest BCUT2D eigenvalue weighted by Crippen LogP contribution is -2.42. The van der Waals surface area contributed by atoms with Crippen molar-refractivity contribution in [3.63, 3.8) is 0 Å². The number of ether oxygens (including phenoxy) is 1. The zero-order valence-corrected chi connectivity index (χ0v) is 13.4. The smallest absolute Gasteiger partial charge is 0.231 e. The van der Waals surface area contributed by atoms with Crippen LogP contribution in [0.1, 0.15) is 45.1 Å². The van der Waals surface area contributed by atoms with Crippen LogP contribution in [0.15, 0.2) is 24.3 Å². The first kappa shape index (κ1) is 17.7. The van der Waals surface area contributed by atoms with Crippen LogP contribution in [0.25, 0.3) is 0 Å². The van der Waals surface area contributed by atoms with E-state index in [4.69, 9.17) is 10.5 Å². The van der Waals surface area contributed by atoms with Crippen LogP contribution in [0.2, 0.25) is 0 Å². The second kappa shape index (κ2) is 8.80. The van der Waals surface area contributed by atoms with E-state index >= 15 is 0 Å². The molecule has 0 aromatic heterocycles. The Morgan fingerprint density at radius 3 is 2.38 bits per heavy atom. The van der Waals surface area contributed by atoms with Crippen LogP contribution in [0.5, 0.6) is 0 Å². The highest BCUT2D eigenvalue weighted by molar-refractivity contribution is 5.96. The van der Waals surface area contributed by atoms with Crippen molar-refractivity contribution in [1.29, 1.82) is 0 Å². The zero-order valence-electron chi connectivity index (χ0n) is 13.4. The van der Waals surface area contributed by atoms with E-state index in [1.807, 2.05) is 24.3 Å². The second-order valence-corrected chi connectivity index (χ2v) is 5.53. The molecule has 21 heavy (non-hydrogen) atoms. The molecule has 0 aliphatic rings. The van der Waals surface area contributed by atoms with Crippen LogP contribution in [0.3, 0.4) is 0 Å². The van der Waals surface area contributed by atoms with Crippen molar-refractivity contribution in [2.24, 2.45) is 11.1 Å². The molecular weight excluding hydrogens is 264 g/mol. The van der Waals surface area contributed by atoms with Crippen LogP contribution >= 0.6 is 0 Å². The molecule has 0 atom stereocenters. The van der Waals surface area contributed by atoms with E-state index in [1.54, 1.807) is 7.11 Å². The molecule has 4 nitrogen and oxygen atoms in total. The molecule has 1 rings (SSSR count). The summed E-state index contributed by atoms with van der Waals surface area (Å²) in [6.45, 7) is 5.04. The predicted octanol–water partition coefficient (Wildman–Crippen LogP) is 3.32. The maximum atomic E-state index is 12.8. The fraction of sp³-hybridized carbons (Fsp3) is 0.588. The Morgan fingerprint density at radius 1 is 1.24 bits per heavy atom. The summed E-state index contributed by atoms with van der Waals surface area (Å²) in [7, 11) is 1.65. The maximum absolute atomic E-state index is 12.8. The Labute approximate surface area is 128 Å². The summed E-state index contributed by atoms with van der Waals surface area (Å²) in [6.07, 6.45) is 3.53. The predicted molar refractivity (Wildman–Crippen MR) is 87.1 cm³/mol. The van der Waals surface area contributed by atoms with Crippen molar-refractivity contribution in [3.05, 3.63) is 29.8 Å². The number of amides is 1. The van der Waals surface area contributed by atoms with Crippen molar-refractivity contribution in [1.82, 2.24) is 0 Å². The molecule has 0 unspecified atom stereocenters. The minimum atomic E-state index is -0.469. The van der Waals surface area contributed by atoms with Gasteiger partial charge < -0.3 is 15.8 Å². The standard InChI is InChI=1S/C17H28N2O2/c1-4-10-17(13-18,11-5-2)16(20)19-15-9-7-6-8-14(15)12-21-3/h6-9H,4-5,10-13,18H2,1-3H3,(H,19,20). The van der Waals surface area contributed by atoms with Gasteiger partial charge in [-0.05, 0) is 18.9 Å². The molecule has 3 N–H and O–H groups in total. The summed E-state index contributed by atoms with van der Waals surface area (Å²) in [5, 5.41) is 3.06. The van der Waals surface area contributed by atoms with Crippen LogP contribution in [-0.2, 0) is 16.1 Å². The first-order chi connectivity index (χ1) is 10.1. The van der Waals surface area contributed by atoms with E-state index in [2.05, 4.69) is 19.2 Å². The van der Waals surface area contributed by atoms with Gasteiger partial charge in [-0.15, -0.1) is 0 Å². The number of nitrogens with one attached hydrogen (secondary N) is 1. The number of carbonyl (C=O) groups is 1. The lowest BCUT2D eigenvalue weighted by Gasteiger charge is -2.31. The number of hydrogen-bond donors (Lipinski definition) is 2. The highest BCUT2D eigenvalue weighted by atomic mass is 16.5. The largest absolute Gasteiger partial charge is 0.380 e. The minimum absolute atomic E-state index is 0.0252. The van der Waals surface area contributed by atoms with Gasteiger partial charge in [-0.3, -0.25) is 4.79 Å². The van der Waals surface area contributed by atoms with Crippen LogP contribution in [0.4, 0.5) is 5.69 Å². The lowest BCUT2D eigenvalue weighted by atomic mass is 9.78. The summed E-state index contributed by atoms with van der Waals surface area (Å²) >= 11 is 0. The molecule has 1 amide bonds. The van der Waals surface area contributed by atoms with Gasteiger partial charge in [0.1, 0.15) is 0 Å². The van der Waals surface area contributed by atoms with E-state index in [9.17, 15) is 4.79 Å². The van der Waals surface area contributed by atoms with E-state index < -0.39 is 5.41 Å². The van der Waals surface area contributed by atoms with E-state index in [0.29, 0.717) is 13.2 Å². The minimum Gasteiger partial charge on any atom is -0.380 e. The first-order valence-electron chi connectivity index (χ1n) is 7.72. The van der Waals surface area contributed by atoms with Gasteiger partial charge in [0.25, 0.3) is 0 Å². The van der Waals surface area contributed by atoms with Crippen molar-refractivity contribution >= 4 is 11.6 Å². The molecule has 0 heterocycles. The molecule has 0 spiro atoms. The third-order valence-corrected chi connectivity index (χ3v) is 3.89. The Bertz CT molecular complexity index is 440. The Kier molecular flexibility index (Phi) is 7.40. The van der Waals surface area contributed by atoms with Crippen molar-refractivity contribution in [2.45, 2.75) is 46.1 Å². The number of nitrogens with two attached hydrogens (primary N) is 1. The van der Waals surface area contributed by atoms with E-state index in [1.165, 1.54) is 0 Å². The van der Waals surface area contributed by atoms with Gasteiger partial charge >= 0.3 is 0 Å². The highest BCUT2D eigenvalue weighted by Gasteiger charge is 2.35. The molecule has 0 saturated heterocycles. The topological polar surface area (TPSA) is 64.4 Å². The van der Waals surface area contributed by atoms with Crippen molar-refractivity contribution in [3.8, 4) is 0 Å². The second-order valence-electron chi connectivity index (χ2n) is 5.53. The number of para-hydroxylation sites is 1. The summed E-state index contributed by atoms with van der Waals surface area (Å²) in [5.41, 5.74) is 7.27. The Balaban J connectivity index is 2.96. The SMILES string of the molecule is CCCC(CN)(CCC)C(=O)Nc1ccccc1COC. The molecular formula is C17H28N2O2. The Morgan fingerprint density at radius 2 is 1.86 bits per heavy atom. The third-order valence-electron chi connectivity index (χ3n) is 3.89. The molecule has 0 aliphatic heterocycles. The fourth-order valence-corrected chi connectivity index (χ4v) is 2.78. The molecule has 0 radical (unpaired) electrons. The molecule has 4 heteroatoms. The summed E-state index contributed by atoms with van der Waals surface area (Å²) in [4.78, 5) is 12.8. The lowest BCUT2D eigenvalue weighted by molar-refractivity contribution is -0.126. The van der Waals surface area contributed by atoms with Gasteiger partial charge in [-0.2, -0.15) is 0 Å². The van der Waals surface area contributed by atoms with Crippen LogP contribution in [0, 0.1) is 5.41 Å².